The van der Waals surface area contributed by atoms with E-state index in [1.807, 2.05) is 13.8 Å². The summed E-state index contributed by atoms with van der Waals surface area (Å²) in [7, 11) is 0. The lowest BCUT2D eigenvalue weighted by Gasteiger charge is -2.20. The molecule has 1 aromatic heterocycles. The van der Waals surface area contributed by atoms with Crippen LogP contribution in [0.4, 0.5) is 0 Å². The summed E-state index contributed by atoms with van der Waals surface area (Å²) >= 11 is 0. The van der Waals surface area contributed by atoms with Crippen molar-refractivity contribution in [3.8, 4) is 5.75 Å². The maximum absolute atomic E-state index is 12.1. The van der Waals surface area contributed by atoms with Crippen LogP contribution in [0.1, 0.15) is 55.5 Å². The normalized spacial score (nSPS) is 11.1. The summed E-state index contributed by atoms with van der Waals surface area (Å²) in [6.07, 6.45) is 1.24. The first-order valence-corrected chi connectivity index (χ1v) is 6.91. The van der Waals surface area contributed by atoms with Crippen molar-refractivity contribution in [2.24, 2.45) is 0 Å². The Morgan fingerprint density at radius 3 is 2.29 bits per heavy atom. The van der Waals surface area contributed by atoms with Crippen molar-refractivity contribution in [3.63, 3.8) is 0 Å². The number of rotatable bonds is 4. The highest BCUT2D eigenvalue weighted by atomic mass is 16.6. The van der Waals surface area contributed by atoms with Crippen LogP contribution in [0.5, 0.6) is 5.75 Å². The van der Waals surface area contributed by atoms with Gasteiger partial charge in [-0.1, -0.05) is 0 Å². The molecule has 21 heavy (non-hydrogen) atoms. The molecule has 0 radical (unpaired) electrons. The number of aromatic hydroxyl groups is 1. The van der Waals surface area contributed by atoms with E-state index in [1.54, 1.807) is 20.8 Å². The van der Waals surface area contributed by atoms with Crippen LogP contribution in [0.3, 0.4) is 0 Å². The molecule has 0 saturated carbocycles. The van der Waals surface area contributed by atoms with E-state index in [-0.39, 0.29) is 22.9 Å². The fourth-order valence-corrected chi connectivity index (χ4v) is 1.73. The molecule has 6 heteroatoms. The monoisotopic (exact) mass is 294 g/mol. The molecule has 0 aliphatic heterocycles. The van der Waals surface area contributed by atoms with Crippen molar-refractivity contribution in [1.29, 1.82) is 0 Å². The molecule has 0 spiro atoms. The molecule has 1 N–H and O–H groups in total. The largest absolute Gasteiger partial charge is 0.505 e. The molecule has 0 aliphatic carbocycles. The lowest BCUT2D eigenvalue weighted by Crippen LogP contribution is -2.31. The maximum atomic E-state index is 12.1. The molecule has 0 aliphatic rings. The van der Waals surface area contributed by atoms with Crippen LogP contribution in [-0.4, -0.2) is 45.6 Å². The molecule has 0 fully saturated rings. The van der Waals surface area contributed by atoms with Gasteiger partial charge in [0.1, 0.15) is 11.4 Å². The zero-order valence-electron chi connectivity index (χ0n) is 13.1. The van der Waals surface area contributed by atoms with Crippen molar-refractivity contribution in [2.75, 3.05) is 13.1 Å². The lowest BCUT2D eigenvalue weighted by molar-refractivity contribution is 0.00682. The van der Waals surface area contributed by atoms with Gasteiger partial charge < -0.3 is 14.7 Å². The first-order chi connectivity index (χ1) is 9.69. The Morgan fingerprint density at radius 2 is 1.86 bits per heavy atom. The Morgan fingerprint density at radius 1 is 1.29 bits per heavy atom. The molecule has 6 nitrogen and oxygen atoms in total. The molecule has 0 bridgehead atoms. The first kappa shape index (κ1) is 16.9. The van der Waals surface area contributed by atoms with Crippen LogP contribution in [0, 0.1) is 0 Å². The average Bonchev–Trinajstić information content (AvgIpc) is 2.37. The summed E-state index contributed by atoms with van der Waals surface area (Å²) in [6, 6.07) is 1.21. The minimum absolute atomic E-state index is 0.0639. The second-order valence-electron chi connectivity index (χ2n) is 5.57. The van der Waals surface area contributed by atoms with E-state index in [1.165, 1.54) is 17.2 Å². The Hall–Kier alpha value is -2.11. The van der Waals surface area contributed by atoms with E-state index in [0.29, 0.717) is 13.1 Å². The summed E-state index contributed by atoms with van der Waals surface area (Å²) in [4.78, 5) is 29.4. The molecule has 1 aromatic rings. The number of amides is 1. The van der Waals surface area contributed by atoms with Gasteiger partial charge in [0.05, 0.1) is 5.56 Å². The number of carbonyl (C=O) groups is 2. The second-order valence-corrected chi connectivity index (χ2v) is 5.57. The highest BCUT2D eigenvalue weighted by molar-refractivity contribution is 5.96. The van der Waals surface area contributed by atoms with Gasteiger partial charge in [0.2, 0.25) is 0 Å². The van der Waals surface area contributed by atoms with E-state index in [0.717, 1.165) is 0 Å². The highest BCUT2D eigenvalue weighted by Gasteiger charge is 2.22. The number of hydrogen-bond donors (Lipinski definition) is 1. The Bertz CT molecular complexity index is 531. The van der Waals surface area contributed by atoms with Crippen molar-refractivity contribution >= 4 is 11.9 Å². The molecular weight excluding hydrogens is 272 g/mol. The van der Waals surface area contributed by atoms with E-state index in [2.05, 4.69) is 4.98 Å². The van der Waals surface area contributed by atoms with Gasteiger partial charge in [-0.3, -0.25) is 4.79 Å². The number of aromatic nitrogens is 1. The predicted molar refractivity (Wildman–Crippen MR) is 78.3 cm³/mol. The number of esters is 1. The van der Waals surface area contributed by atoms with E-state index >= 15 is 0 Å². The summed E-state index contributed by atoms with van der Waals surface area (Å²) < 4.78 is 5.18. The summed E-state index contributed by atoms with van der Waals surface area (Å²) in [5.41, 5.74) is -0.591. The minimum atomic E-state index is -0.636. The quantitative estimate of drug-likeness (QED) is 0.861. The van der Waals surface area contributed by atoms with Gasteiger partial charge in [-0.15, -0.1) is 0 Å². The smallest absolute Gasteiger partial charge is 0.340 e. The highest BCUT2D eigenvalue weighted by Crippen LogP contribution is 2.20. The van der Waals surface area contributed by atoms with Gasteiger partial charge in [-0.2, -0.15) is 0 Å². The molecule has 0 aromatic carbocycles. The third kappa shape index (κ3) is 4.44. The summed E-state index contributed by atoms with van der Waals surface area (Å²) in [6.45, 7) is 9.96. The third-order valence-electron chi connectivity index (χ3n) is 2.76. The third-order valence-corrected chi connectivity index (χ3v) is 2.76. The minimum Gasteiger partial charge on any atom is -0.505 e. The van der Waals surface area contributed by atoms with Crippen molar-refractivity contribution in [1.82, 2.24) is 9.88 Å². The SMILES string of the molecule is CCN(CC)C(=O)c1ncc(C(=O)OC(C)(C)C)cc1O. The van der Waals surface area contributed by atoms with E-state index < -0.39 is 11.6 Å². The molecule has 1 rings (SSSR count). The molecular formula is C15H22N2O4. The van der Waals surface area contributed by atoms with Crippen LogP contribution in [-0.2, 0) is 4.74 Å². The van der Waals surface area contributed by atoms with Crippen LogP contribution >= 0.6 is 0 Å². The number of hydrogen-bond acceptors (Lipinski definition) is 5. The van der Waals surface area contributed by atoms with Gasteiger partial charge in [0.15, 0.2) is 5.69 Å². The summed E-state index contributed by atoms with van der Waals surface area (Å²) in [5, 5.41) is 9.93. The molecule has 0 saturated heterocycles. The zero-order chi connectivity index (χ0) is 16.2. The Balaban J connectivity index is 3.01. The van der Waals surface area contributed by atoms with E-state index in [4.69, 9.17) is 4.74 Å². The molecule has 116 valence electrons. The molecule has 1 heterocycles. The van der Waals surface area contributed by atoms with Crippen molar-refractivity contribution in [2.45, 2.75) is 40.2 Å². The standard InChI is InChI=1S/C15H22N2O4/c1-6-17(7-2)13(19)12-11(18)8-10(9-16-12)14(20)21-15(3,4)5/h8-9,18H,6-7H2,1-5H3. The number of carbonyl (C=O) groups excluding carboxylic acids is 2. The van der Waals surface area contributed by atoms with Crippen LogP contribution < -0.4 is 0 Å². The van der Waals surface area contributed by atoms with Gasteiger partial charge in [-0.05, 0) is 40.7 Å². The van der Waals surface area contributed by atoms with Gasteiger partial charge in [-0.25, -0.2) is 9.78 Å². The van der Waals surface area contributed by atoms with Crippen molar-refractivity contribution in [3.05, 3.63) is 23.5 Å². The number of ether oxygens (including phenoxy) is 1. The first-order valence-electron chi connectivity index (χ1n) is 6.91. The Labute approximate surface area is 124 Å². The lowest BCUT2D eigenvalue weighted by atomic mass is 10.1. The zero-order valence-corrected chi connectivity index (χ0v) is 13.1. The molecule has 0 atom stereocenters. The summed E-state index contributed by atoms with van der Waals surface area (Å²) in [5.74, 6) is -1.28. The van der Waals surface area contributed by atoms with Crippen molar-refractivity contribution < 1.29 is 19.4 Å². The number of pyridine rings is 1. The average molecular weight is 294 g/mol. The molecule has 0 unspecified atom stereocenters. The number of nitrogens with zero attached hydrogens (tertiary/aromatic N) is 2. The predicted octanol–water partition coefficient (Wildman–Crippen LogP) is 2.22. The van der Waals surface area contributed by atoms with Crippen LogP contribution in [0.15, 0.2) is 12.3 Å². The Kier molecular flexibility index (Phi) is 5.29. The maximum Gasteiger partial charge on any atom is 0.340 e. The van der Waals surface area contributed by atoms with Gasteiger partial charge >= 0.3 is 5.97 Å². The topological polar surface area (TPSA) is 79.7 Å². The fourth-order valence-electron chi connectivity index (χ4n) is 1.73. The van der Waals surface area contributed by atoms with Gasteiger partial charge in [0.25, 0.3) is 5.91 Å². The van der Waals surface area contributed by atoms with Gasteiger partial charge in [0, 0.05) is 19.3 Å². The fraction of sp³-hybridized carbons (Fsp3) is 0.533. The van der Waals surface area contributed by atoms with Crippen LogP contribution in [0.2, 0.25) is 0 Å². The second kappa shape index (κ2) is 6.56. The van der Waals surface area contributed by atoms with E-state index in [9.17, 15) is 14.7 Å². The van der Waals surface area contributed by atoms with Crippen LogP contribution in [0.25, 0.3) is 0 Å². The molecule has 1 amide bonds.